The third-order valence-electron chi connectivity index (χ3n) is 3.84. The van der Waals surface area contributed by atoms with Crippen molar-refractivity contribution in [2.45, 2.75) is 25.2 Å². The molecule has 1 aliphatic rings. The van der Waals surface area contributed by atoms with Gasteiger partial charge in [-0.15, -0.1) is 0 Å². The molecule has 1 nitrogen and oxygen atoms in total. The van der Waals surface area contributed by atoms with Crippen molar-refractivity contribution in [3.8, 4) is 5.75 Å². The van der Waals surface area contributed by atoms with Gasteiger partial charge in [0.05, 0.1) is 7.11 Å². The molecule has 1 aliphatic carbocycles. The normalized spacial score (nSPS) is 21.7. The van der Waals surface area contributed by atoms with E-state index in [0.29, 0.717) is 11.8 Å². The average Bonchev–Trinajstić information content (AvgIpc) is 3.20. The lowest BCUT2D eigenvalue weighted by Gasteiger charge is -2.04. The van der Waals surface area contributed by atoms with E-state index in [1.807, 2.05) is 0 Å². The highest BCUT2D eigenvalue weighted by Gasteiger charge is 2.39. The summed E-state index contributed by atoms with van der Waals surface area (Å²) in [5, 5.41) is 0. The summed E-state index contributed by atoms with van der Waals surface area (Å²) in [4.78, 5) is 0. The van der Waals surface area contributed by atoms with Gasteiger partial charge in [-0.1, -0.05) is 42.0 Å². The Morgan fingerprint density at radius 2 is 1.33 bits per heavy atom. The molecule has 18 heavy (non-hydrogen) atoms. The summed E-state index contributed by atoms with van der Waals surface area (Å²) in [6, 6.07) is 17.4. The lowest BCUT2D eigenvalue weighted by Crippen LogP contribution is -1.86. The zero-order valence-corrected chi connectivity index (χ0v) is 10.9. The van der Waals surface area contributed by atoms with E-state index in [9.17, 15) is 0 Å². The molecule has 0 aliphatic heterocycles. The topological polar surface area (TPSA) is 9.23 Å². The van der Waals surface area contributed by atoms with Crippen LogP contribution in [0.5, 0.6) is 5.75 Å². The molecule has 1 saturated carbocycles. The molecule has 1 heteroatoms. The summed E-state index contributed by atoms with van der Waals surface area (Å²) < 4.78 is 5.19. The van der Waals surface area contributed by atoms with Crippen molar-refractivity contribution in [2.75, 3.05) is 7.11 Å². The van der Waals surface area contributed by atoms with E-state index in [-0.39, 0.29) is 0 Å². The quantitative estimate of drug-likeness (QED) is 0.775. The molecule has 2 unspecified atom stereocenters. The molecule has 0 amide bonds. The Labute approximate surface area is 108 Å². The first kappa shape index (κ1) is 11.3. The molecule has 92 valence electrons. The summed E-state index contributed by atoms with van der Waals surface area (Å²) in [6.07, 6.45) is 1.27. The van der Waals surface area contributed by atoms with E-state index in [4.69, 9.17) is 4.74 Å². The van der Waals surface area contributed by atoms with Crippen molar-refractivity contribution >= 4 is 0 Å². The van der Waals surface area contributed by atoms with Crippen LogP contribution in [0.25, 0.3) is 0 Å². The van der Waals surface area contributed by atoms with Gasteiger partial charge in [0.2, 0.25) is 0 Å². The van der Waals surface area contributed by atoms with E-state index in [1.54, 1.807) is 7.11 Å². The Morgan fingerprint density at radius 3 is 1.83 bits per heavy atom. The van der Waals surface area contributed by atoms with Crippen molar-refractivity contribution in [1.82, 2.24) is 0 Å². The van der Waals surface area contributed by atoms with Gasteiger partial charge >= 0.3 is 0 Å². The predicted molar refractivity (Wildman–Crippen MR) is 74.3 cm³/mol. The zero-order chi connectivity index (χ0) is 12.5. The minimum absolute atomic E-state index is 0.693. The fourth-order valence-electron chi connectivity index (χ4n) is 2.60. The summed E-state index contributed by atoms with van der Waals surface area (Å²) in [6.45, 7) is 2.14. The van der Waals surface area contributed by atoms with Crippen molar-refractivity contribution in [2.24, 2.45) is 0 Å². The molecular weight excluding hydrogens is 220 g/mol. The fraction of sp³-hybridized carbons (Fsp3) is 0.294. The van der Waals surface area contributed by atoms with Crippen molar-refractivity contribution in [1.29, 1.82) is 0 Å². The second kappa shape index (κ2) is 4.49. The van der Waals surface area contributed by atoms with E-state index < -0.39 is 0 Å². The SMILES string of the molecule is COc1ccc(C2CC2c2ccc(C)cc2)cc1. The Balaban J connectivity index is 1.74. The molecule has 1 fully saturated rings. The van der Waals surface area contributed by atoms with E-state index >= 15 is 0 Å². The Bertz CT molecular complexity index is 525. The number of hydrogen-bond donors (Lipinski definition) is 0. The Kier molecular flexibility index (Phi) is 2.83. The minimum atomic E-state index is 0.693. The third-order valence-corrected chi connectivity index (χ3v) is 3.84. The van der Waals surface area contributed by atoms with Crippen LogP contribution < -0.4 is 4.74 Å². The van der Waals surface area contributed by atoms with Gasteiger partial charge in [0.1, 0.15) is 5.75 Å². The van der Waals surface area contributed by atoms with Gasteiger partial charge in [-0.05, 0) is 48.4 Å². The van der Waals surface area contributed by atoms with E-state index in [0.717, 1.165) is 5.75 Å². The summed E-state index contributed by atoms with van der Waals surface area (Å²) in [5.41, 5.74) is 4.24. The molecule has 2 aromatic carbocycles. The van der Waals surface area contributed by atoms with Crippen LogP contribution in [-0.2, 0) is 0 Å². The highest BCUT2D eigenvalue weighted by Crippen LogP contribution is 2.54. The van der Waals surface area contributed by atoms with Crippen LogP contribution in [0.4, 0.5) is 0 Å². The lowest BCUT2D eigenvalue weighted by atomic mass is 10.0. The molecule has 0 saturated heterocycles. The molecule has 0 bridgehead atoms. The van der Waals surface area contributed by atoms with Crippen molar-refractivity contribution in [3.05, 3.63) is 65.2 Å². The van der Waals surface area contributed by atoms with Gasteiger partial charge in [0.15, 0.2) is 0 Å². The van der Waals surface area contributed by atoms with Crippen molar-refractivity contribution < 1.29 is 4.74 Å². The second-order valence-electron chi connectivity index (χ2n) is 5.13. The van der Waals surface area contributed by atoms with E-state index in [2.05, 4.69) is 55.5 Å². The van der Waals surface area contributed by atoms with Gasteiger partial charge in [0, 0.05) is 0 Å². The third kappa shape index (κ3) is 2.13. The fourth-order valence-corrected chi connectivity index (χ4v) is 2.60. The first-order valence-electron chi connectivity index (χ1n) is 6.48. The lowest BCUT2D eigenvalue weighted by molar-refractivity contribution is 0.414. The highest BCUT2D eigenvalue weighted by atomic mass is 16.5. The maximum Gasteiger partial charge on any atom is 0.118 e. The average molecular weight is 238 g/mol. The maximum atomic E-state index is 5.19. The smallest absolute Gasteiger partial charge is 0.118 e. The van der Waals surface area contributed by atoms with Crippen LogP contribution in [0.1, 0.15) is 34.9 Å². The monoisotopic (exact) mass is 238 g/mol. The first-order chi connectivity index (χ1) is 8.78. The summed E-state index contributed by atoms with van der Waals surface area (Å²) >= 11 is 0. The van der Waals surface area contributed by atoms with Crippen LogP contribution in [0, 0.1) is 6.92 Å². The highest BCUT2D eigenvalue weighted by molar-refractivity contribution is 5.39. The van der Waals surface area contributed by atoms with Crippen LogP contribution in [-0.4, -0.2) is 7.11 Å². The zero-order valence-electron chi connectivity index (χ0n) is 10.9. The Morgan fingerprint density at radius 1 is 0.833 bits per heavy atom. The first-order valence-corrected chi connectivity index (χ1v) is 6.48. The molecule has 2 atom stereocenters. The largest absolute Gasteiger partial charge is 0.497 e. The Hall–Kier alpha value is -1.76. The number of methoxy groups -OCH3 is 1. The number of ether oxygens (including phenoxy) is 1. The standard InChI is InChI=1S/C17H18O/c1-12-3-5-13(6-4-12)16-11-17(16)14-7-9-15(18-2)10-8-14/h3-10,16-17H,11H2,1-2H3. The van der Waals surface area contributed by atoms with E-state index in [1.165, 1.54) is 23.1 Å². The second-order valence-corrected chi connectivity index (χ2v) is 5.13. The van der Waals surface area contributed by atoms with Crippen molar-refractivity contribution in [3.63, 3.8) is 0 Å². The minimum Gasteiger partial charge on any atom is -0.497 e. The number of rotatable bonds is 3. The van der Waals surface area contributed by atoms with Crippen LogP contribution >= 0.6 is 0 Å². The van der Waals surface area contributed by atoms with Crippen LogP contribution in [0.2, 0.25) is 0 Å². The van der Waals surface area contributed by atoms with Gasteiger partial charge in [-0.3, -0.25) is 0 Å². The molecule has 0 radical (unpaired) electrons. The van der Waals surface area contributed by atoms with Gasteiger partial charge in [-0.2, -0.15) is 0 Å². The predicted octanol–water partition coefficient (Wildman–Crippen LogP) is 4.27. The van der Waals surface area contributed by atoms with Gasteiger partial charge in [0.25, 0.3) is 0 Å². The molecule has 0 N–H and O–H groups in total. The molecule has 0 spiro atoms. The van der Waals surface area contributed by atoms with Gasteiger partial charge in [-0.25, -0.2) is 0 Å². The molecular formula is C17H18O. The molecule has 2 aromatic rings. The number of aryl methyl sites for hydroxylation is 1. The van der Waals surface area contributed by atoms with Crippen LogP contribution in [0.3, 0.4) is 0 Å². The number of hydrogen-bond acceptors (Lipinski definition) is 1. The molecule has 0 aromatic heterocycles. The van der Waals surface area contributed by atoms with Gasteiger partial charge < -0.3 is 4.74 Å². The van der Waals surface area contributed by atoms with Crippen LogP contribution in [0.15, 0.2) is 48.5 Å². The maximum absolute atomic E-state index is 5.19. The molecule has 3 rings (SSSR count). The molecule has 0 heterocycles. The number of benzene rings is 2. The summed E-state index contributed by atoms with van der Waals surface area (Å²) in [5.74, 6) is 2.34. The summed E-state index contributed by atoms with van der Waals surface area (Å²) in [7, 11) is 1.71.